The molecule has 4 nitrogen and oxygen atoms in total. The van der Waals surface area contributed by atoms with Gasteiger partial charge in [0.2, 0.25) is 0 Å². The van der Waals surface area contributed by atoms with Crippen LogP contribution < -0.4 is 10.6 Å². The predicted octanol–water partition coefficient (Wildman–Crippen LogP) is 3.56. The van der Waals surface area contributed by atoms with E-state index < -0.39 is 0 Å². The molecule has 0 aromatic carbocycles. The van der Waals surface area contributed by atoms with Gasteiger partial charge in [0.25, 0.3) is 0 Å². The van der Waals surface area contributed by atoms with Gasteiger partial charge in [0.15, 0.2) is 0 Å². The molecule has 1 fully saturated rings. The molecule has 20 heavy (non-hydrogen) atoms. The molecule has 0 aliphatic heterocycles. The number of hydrogen-bond acceptors (Lipinski definition) is 5. The Morgan fingerprint density at radius 3 is 2.95 bits per heavy atom. The Bertz CT molecular complexity index is 563. The van der Waals surface area contributed by atoms with Crippen LogP contribution in [0.25, 0.3) is 11.1 Å². The van der Waals surface area contributed by atoms with Crippen molar-refractivity contribution >= 4 is 22.4 Å². The molecule has 0 saturated heterocycles. The van der Waals surface area contributed by atoms with E-state index in [2.05, 4.69) is 27.2 Å². The molecule has 1 saturated carbocycles. The average molecular weight is 288 g/mol. The summed E-state index contributed by atoms with van der Waals surface area (Å²) in [5.41, 5.74) is 8.23. The maximum absolute atomic E-state index is 6.11. The first kappa shape index (κ1) is 13.4. The lowest BCUT2D eigenvalue weighted by Crippen LogP contribution is -2.26. The minimum atomic E-state index is 0.625. The van der Waals surface area contributed by atoms with E-state index in [0.29, 0.717) is 11.9 Å². The topological polar surface area (TPSA) is 55.0 Å². The third kappa shape index (κ3) is 2.63. The summed E-state index contributed by atoms with van der Waals surface area (Å²) in [6.07, 6.45) is 8.64. The van der Waals surface area contributed by atoms with Gasteiger partial charge in [-0.25, -0.2) is 0 Å². The van der Waals surface area contributed by atoms with E-state index in [1.54, 1.807) is 6.20 Å². The molecular weight excluding hydrogens is 268 g/mol. The summed E-state index contributed by atoms with van der Waals surface area (Å²) < 4.78 is 4.38. The molecule has 3 rings (SSSR count). The van der Waals surface area contributed by atoms with Crippen molar-refractivity contribution in [2.24, 2.45) is 0 Å². The summed E-state index contributed by atoms with van der Waals surface area (Å²) in [4.78, 5) is 6.71. The number of hydrogen-bond donors (Lipinski definition) is 1. The standard InChI is InChI=1S/C15H20N4S/c1-2-3-9-19(12-6-7-12)15-13(14(16)18-20-15)11-5-4-8-17-10-11/h4-5,8,10,12H,2-3,6-7,9H2,1H3,(H2,16,18). The third-order valence-electron chi connectivity index (χ3n) is 3.65. The zero-order valence-corrected chi connectivity index (χ0v) is 12.6. The lowest BCUT2D eigenvalue weighted by Gasteiger charge is -2.23. The molecule has 5 heteroatoms. The van der Waals surface area contributed by atoms with E-state index in [-0.39, 0.29) is 0 Å². The van der Waals surface area contributed by atoms with Gasteiger partial charge in [0.05, 0.1) is 5.56 Å². The van der Waals surface area contributed by atoms with Gasteiger partial charge < -0.3 is 10.6 Å². The molecule has 0 atom stereocenters. The van der Waals surface area contributed by atoms with E-state index >= 15 is 0 Å². The Labute approximate surface area is 123 Å². The summed E-state index contributed by atoms with van der Waals surface area (Å²) in [5.74, 6) is 0.625. The van der Waals surface area contributed by atoms with Gasteiger partial charge in [-0.3, -0.25) is 4.98 Å². The second-order valence-electron chi connectivity index (χ2n) is 5.27. The van der Waals surface area contributed by atoms with E-state index in [0.717, 1.165) is 17.7 Å². The maximum Gasteiger partial charge on any atom is 0.147 e. The van der Waals surface area contributed by atoms with Crippen molar-refractivity contribution in [3.05, 3.63) is 24.5 Å². The number of anilines is 2. The van der Waals surface area contributed by atoms with Crippen LogP contribution in [0, 0.1) is 0 Å². The minimum absolute atomic E-state index is 0.625. The molecule has 2 aromatic heterocycles. The van der Waals surface area contributed by atoms with Gasteiger partial charge >= 0.3 is 0 Å². The van der Waals surface area contributed by atoms with Crippen molar-refractivity contribution in [2.75, 3.05) is 17.2 Å². The number of nitrogens with two attached hydrogens (primary N) is 1. The van der Waals surface area contributed by atoms with Crippen LogP contribution in [0.2, 0.25) is 0 Å². The van der Waals surface area contributed by atoms with Crippen molar-refractivity contribution in [2.45, 2.75) is 38.6 Å². The number of rotatable bonds is 6. The molecule has 2 N–H and O–H groups in total. The Morgan fingerprint density at radius 2 is 2.30 bits per heavy atom. The van der Waals surface area contributed by atoms with Crippen LogP contribution in [0.15, 0.2) is 24.5 Å². The van der Waals surface area contributed by atoms with Gasteiger partial charge in [-0.1, -0.05) is 19.4 Å². The van der Waals surface area contributed by atoms with Gasteiger partial charge in [-0.2, -0.15) is 4.37 Å². The minimum Gasteiger partial charge on any atom is -0.382 e. The second-order valence-corrected chi connectivity index (χ2v) is 6.02. The van der Waals surface area contributed by atoms with Crippen LogP contribution in [0.5, 0.6) is 0 Å². The van der Waals surface area contributed by atoms with Gasteiger partial charge in [0, 0.05) is 30.5 Å². The zero-order chi connectivity index (χ0) is 13.9. The summed E-state index contributed by atoms with van der Waals surface area (Å²) in [6.45, 7) is 3.32. The molecule has 0 spiro atoms. The van der Waals surface area contributed by atoms with Crippen LogP contribution in [-0.2, 0) is 0 Å². The Morgan fingerprint density at radius 1 is 1.45 bits per heavy atom. The highest BCUT2D eigenvalue weighted by molar-refractivity contribution is 7.11. The molecule has 2 aromatic rings. The van der Waals surface area contributed by atoms with Crippen LogP contribution in [0.1, 0.15) is 32.6 Å². The molecule has 1 aliphatic rings. The van der Waals surface area contributed by atoms with Crippen molar-refractivity contribution in [3.63, 3.8) is 0 Å². The summed E-state index contributed by atoms with van der Waals surface area (Å²) in [5, 5.41) is 1.21. The Balaban J connectivity index is 1.96. The second kappa shape index (κ2) is 5.79. The van der Waals surface area contributed by atoms with Crippen LogP contribution in [0.4, 0.5) is 10.8 Å². The quantitative estimate of drug-likeness (QED) is 0.883. The molecule has 0 unspecified atom stereocenters. The first-order chi connectivity index (χ1) is 9.81. The van der Waals surface area contributed by atoms with Crippen LogP contribution >= 0.6 is 11.5 Å². The molecule has 1 aliphatic carbocycles. The van der Waals surface area contributed by atoms with Gasteiger partial charge in [0.1, 0.15) is 10.8 Å². The number of nitrogens with zero attached hydrogens (tertiary/aromatic N) is 3. The summed E-state index contributed by atoms with van der Waals surface area (Å²) in [7, 11) is 0. The summed E-state index contributed by atoms with van der Waals surface area (Å²) >= 11 is 1.52. The first-order valence-electron chi connectivity index (χ1n) is 7.23. The largest absolute Gasteiger partial charge is 0.382 e. The van der Waals surface area contributed by atoms with Crippen molar-refractivity contribution < 1.29 is 0 Å². The predicted molar refractivity (Wildman–Crippen MR) is 85.0 cm³/mol. The number of pyridine rings is 1. The number of unbranched alkanes of at least 4 members (excludes halogenated alkanes) is 1. The van der Waals surface area contributed by atoms with Crippen LogP contribution in [-0.4, -0.2) is 21.9 Å². The number of nitrogen functional groups attached to an aromatic ring is 1. The highest BCUT2D eigenvalue weighted by atomic mass is 32.1. The maximum atomic E-state index is 6.11. The lowest BCUT2D eigenvalue weighted by molar-refractivity contribution is 0.718. The average Bonchev–Trinajstić information content (AvgIpc) is 3.24. The Hall–Kier alpha value is -1.62. The first-order valence-corrected chi connectivity index (χ1v) is 8.00. The van der Waals surface area contributed by atoms with Gasteiger partial charge in [-0.05, 0) is 36.9 Å². The van der Waals surface area contributed by atoms with E-state index in [1.807, 2.05) is 12.3 Å². The SMILES string of the molecule is CCCCN(c1snc(N)c1-c1cccnc1)C1CC1. The third-order valence-corrected chi connectivity index (χ3v) is 4.55. The van der Waals surface area contributed by atoms with E-state index in [1.165, 1.54) is 42.2 Å². The smallest absolute Gasteiger partial charge is 0.147 e. The van der Waals surface area contributed by atoms with Crippen molar-refractivity contribution in [3.8, 4) is 11.1 Å². The van der Waals surface area contributed by atoms with Crippen LogP contribution in [0.3, 0.4) is 0 Å². The molecule has 2 heterocycles. The van der Waals surface area contributed by atoms with Gasteiger partial charge in [-0.15, -0.1) is 0 Å². The molecular formula is C15H20N4S. The fourth-order valence-electron chi connectivity index (χ4n) is 2.44. The molecule has 0 amide bonds. The Kier molecular flexibility index (Phi) is 3.87. The highest BCUT2D eigenvalue weighted by Crippen LogP contribution is 2.43. The van der Waals surface area contributed by atoms with E-state index in [9.17, 15) is 0 Å². The lowest BCUT2D eigenvalue weighted by atomic mass is 10.1. The fourth-order valence-corrected chi connectivity index (χ4v) is 3.37. The normalized spacial score (nSPS) is 14.4. The van der Waals surface area contributed by atoms with E-state index in [4.69, 9.17) is 5.73 Å². The summed E-state index contributed by atoms with van der Waals surface area (Å²) in [6, 6.07) is 4.68. The fraction of sp³-hybridized carbons (Fsp3) is 0.467. The van der Waals surface area contributed by atoms with Crippen molar-refractivity contribution in [1.82, 2.24) is 9.36 Å². The number of aromatic nitrogens is 2. The molecule has 0 bridgehead atoms. The molecule has 106 valence electrons. The zero-order valence-electron chi connectivity index (χ0n) is 11.7. The molecule has 0 radical (unpaired) electrons. The van der Waals surface area contributed by atoms with Crippen molar-refractivity contribution in [1.29, 1.82) is 0 Å². The monoisotopic (exact) mass is 288 g/mol. The highest BCUT2D eigenvalue weighted by Gasteiger charge is 2.32.